The van der Waals surface area contributed by atoms with Crippen molar-refractivity contribution in [2.45, 2.75) is 19.9 Å². The Morgan fingerprint density at radius 1 is 1.48 bits per heavy atom. The van der Waals surface area contributed by atoms with Crippen LogP contribution in [0.1, 0.15) is 35.3 Å². The van der Waals surface area contributed by atoms with Crippen molar-refractivity contribution in [3.8, 4) is 0 Å². The van der Waals surface area contributed by atoms with Gasteiger partial charge in [0.25, 0.3) is 5.91 Å². The highest BCUT2D eigenvalue weighted by Gasteiger charge is 2.14. The van der Waals surface area contributed by atoms with Crippen molar-refractivity contribution in [2.24, 2.45) is 0 Å². The Balaban J connectivity index is 2.09. The van der Waals surface area contributed by atoms with Crippen molar-refractivity contribution >= 4 is 34.4 Å². The van der Waals surface area contributed by atoms with Gasteiger partial charge in [0.05, 0.1) is 0 Å². The summed E-state index contributed by atoms with van der Waals surface area (Å²) < 4.78 is 1.87. The maximum absolute atomic E-state index is 12.2. The maximum atomic E-state index is 12.2. The summed E-state index contributed by atoms with van der Waals surface area (Å²) in [7, 11) is 0. The molecule has 0 saturated carbocycles. The molecule has 1 amide bonds. The Morgan fingerprint density at radius 3 is 2.90 bits per heavy atom. The van der Waals surface area contributed by atoms with Gasteiger partial charge < -0.3 is 9.67 Å². The zero-order valence-corrected chi connectivity index (χ0v) is 12.4. The predicted molar refractivity (Wildman–Crippen MR) is 81.6 cm³/mol. The number of rotatable bonds is 5. The minimum absolute atomic E-state index is 0.186. The molecule has 110 valence electrons. The largest absolute Gasteiger partial charge is 0.478 e. The van der Waals surface area contributed by atoms with Gasteiger partial charge in [0.1, 0.15) is 5.69 Å². The molecule has 7 heteroatoms. The summed E-state index contributed by atoms with van der Waals surface area (Å²) in [5.74, 6) is -1.26. The van der Waals surface area contributed by atoms with Crippen LogP contribution >= 0.6 is 11.3 Å². The third-order valence-corrected chi connectivity index (χ3v) is 3.58. The molecule has 0 aliphatic heterocycles. The van der Waals surface area contributed by atoms with E-state index < -0.39 is 5.97 Å². The molecule has 0 atom stereocenters. The second kappa shape index (κ2) is 6.36. The average Bonchev–Trinajstić information content (AvgIpc) is 3.04. The van der Waals surface area contributed by atoms with Gasteiger partial charge in [-0.25, -0.2) is 9.78 Å². The number of thiazole rings is 1. The molecule has 2 rings (SSSR count). The van der Waals surface area contributed by atoms with Gasteiger partial charge >= 0.3 is 5.97 Å². The molecule has 0 saturated heterocycles. The summed E-state index contributed by atoms with van der Waals surface area (Å²) in [6.45, 7) is 3.99. The summed E-state index contributed by atoms with van der Waals surface area (Å²) in [4.78, 5) is 27.3. The van der Waals surface area contributed by atoms with Crippen LogP contribution in [-0.2, 0) is 4.79 Å². The number of hydrogen-bond acceptors (Lipinski definition) is 4. The standard InChI is InChI=1S/C14H15N3O3S/c1-9(2)17-7-3-4-11(17)13(20)16-14-15-8-10(21-14)5-6-12(18)19/h3-9H,1-2H3,(H,18,19)(H,15,16,20). The van der Waals surface area contributed by atoms with Gasteiger partial charge in [0.2, 0.25) is 0 Å². The Labute approximate surface area is 125 Å². The van der Waals surface area contributed by atoms with E-state index in [1.165, 1.54) is 23.6 Å². The van der Waals surface area contributed by atoms with Crippen LogP contribution in [0.4, 0.5) is 5.13 Å². The van der Waals surface area contributed by atoms with Gasteiger partial charge in [-0.2, -0.15) is 0 Å². The summed E-state index contributed by atoms with van der Waals surface area (Å²) in [6, 6.07) is 3.75. The fraction of sp³-hybridized carbons (Fsp3) is 0.214. The van der Waals surface area contributed by atoms with Crippen LogP contribution in [-0.4, -0.2) is 26.5 Å². The van der Waals surface area contributed by atoms with E-state index in [0.717, 1.165) is 6.08 Å². The smallest absolute Gasteiger partial charge is 0.328 e. The highest BCUT2D eigenvalue weighted by Crippen LogP contribution is 2.20. The van der Waals surface area contributed by atoms with Gasteiger partial charge in [-0.3, -0.25) is 10.1 Å². The van der Waals surface area contributed by atoms with Gasteiger partial charge in [-0.05, 0) is 32.1 Å². The zero-order chi connectivity index (χ0) is 15.4. The van der Waals surface area contributed by atoms with Crippen LogP contribution in [0.15, 0.2) is 30.6 Å². The minimum atomic E-state index is -1.02. The first kappa shape index (κ1) is 15.0. The van der Waals surface area contributed by atoms with Crippen LogP contribution in [0.3, 0.4) is 0 Å². The molecule has 0 fully saturated rings. The molecular formula is C14H15N3O3S. The van der Waals surface area contributed by atoms with Gasteiger partial charge in [0, 0.05) is 29.4 Å². The maximum Gasteiger partial charge on any atom is 0.328 e. The highest BCUT2D eigenvalue weighted by molar-refractivity contribution is 7.16. The molecule has 0 spiro atoms. The van der Waals surface area contributed by atoms with Crippen LogP contribution in [0.25, 0.3) is 6.08 Å². The Bertz CT molecular complexity index is 685. The number of hydrogen-bond donors (Lipinski definition) is 2. The van der Waals surface area contributed by atoms with Crippen molar-refractivity contribution in [2.75, 3.05) is 5.32 Å². The normalized spacial score (nSPS) is 11.2. The lowest BCUT2D eigenvalue weighted by Crippen LogP contribution is -2.17. The van der Waals surface area contributed by atoms with E-state index in [1.807, 2.05) is 30.7 Å². The van der Waals surface area contributed by atoms with Gasteiger partial charge in [-0.15, -0.1) is 0 Å². The highest BCUT2D eigenvalue weighted by atomic mass is 32.1. The first-order chi connectivity index (χ1) is 9.97. The number of amides is 1. The average molecular weight is 305 g/mol. The van der Waals surface area contributed by atoms with Crippen LogP contribution in [0.2, 0.25) is 0 Å². The molecule has 0 aliphatic carbocycles. The fourth-order valence-electron chi connectivity index (χ4n) is 1.77. The quantitative estimate of drug-likeness (QED) is 0.832. The summed E-state index contributed by atoms with van der Waals surface area (Å²) >= 11 is 1.21. The number of carbonyl (C=O) groups excluding carboxylic acids is 1. The number of carboxylic acids is 1. The molecule has 0 aliphatic rings. The Morgan fingerprint density at radius 2 is 2.24 bits per heavy atom. The number of anilines is 1. The van der Waals surface area contributed by atoms with E-state index in [0.29, 0.717) is 15.7 Å². The lowest BCUT2D eigenvalue weighted by Gasteiger charge is -2.11. The molecule has 2 N–H and O–H groups in total. The number of nitrogens with one attached hydrogen (secondary N) is 1. The number of nitrogens with zero attached hydrogens (tertiary/aromatic N) is 2. The second-order valence-electron chi connectivity index (χ2n) is 4.59. The molecule has 2 aromatic rings. The lowest BCUT2D eigenvalue weighted by atomic mass is 10.3. The summed E-state index contributed by atoms with van der Waals surface area (Å²) in [5, 5.41) is 11.7. The Hall–Kier alpha value is -2.41. The SMILES string of the molecule is CC(C)n1cccc1C(=O)Nc1ncc(C=CC(=O)O)s1. The third kappa shape index (κ3) is 3.79. The predicted octanol–water partition coefficient (Wildman–Crippen LogP) is 2.88. The van der Waals surface area contributed by atoms with Crippen molar-refractivity contribution < 1.29 is 14.7 Å². The monoisotopic (exact) mass is 305 g/mol. The molecule has 21 heavy (non-hydrogen) atoms. The summed E-state index contributed by atoms with van der Waals surface area (Å²) in [5.41, 5.74) is 0.558. The Kier molecular flexibility index (Phi) is 4.54. The van der Waals surface area contributed by atoms with Crippen molar-refractivity contribution in [1.29, 1.82) is 0 Å². The van der Waals surface area contributed by atoms with E-state index >= 15 is 0 Å². The first-order valence-electron chi connectivity index (χ1n) is 6.32. The summed E-state index contributed by atoms with van der Waals surface area (Å²) in [6.07, 6.45) is 5.83. The molecule has 2 heterocycles. The number of carbonyl (C=O) groups is 2. The van der Waals surface area contributed by atoms with E-state index in [-0.39, 0.29) is 11.9 Å². The number of aliphatic carboxylic acids is 1. The van der Waals surface area contributed by atoms with E-state index in [4.69, 9.17) is 5.11 Å². The van der Waals surface area contributed by atoms with Crippen LogP contribution < -0.4 is 5.32 Å². The zero-order valence-electron chi connectivity index (χ0n) is 11.6. The first-order valence-corrected chi connectivity index (χ1v) is 7.14. The van der Waals surface area contributed by atoms with Crippen LogP contribution in [0.5, 0.6) is 0 Å². The third-order valence-electron chi connectivity index (χ3n) is 2.70. The van der Waals surface area contributed by atoms with E-state index in [1.54, 1.807) is 6.07 Å². The van der Waals surface area contributed by atoms with Gasteiger partial charge in [-0.1, -0.05) is 11.3 Å². The fourth-order valence-corrected chi connectivity index (χ4v) is 2.49. The molecule has 0 unspecified atom stereocenters. The van der Waals surface area contributed by atoms with Gasteiger partial charge in [0.15, 0.2) is 5.13 Å². The van der Waals surface area contributed by atoms with Crippen molar-refractivity contribution in [1.82, 2.24) is 9.55 Å². The van der Waals surface area contributed by atoms with E-state index in [9.17, 15) is 9.59 Å². The molecule has 0 aromatic carbocycles. The van der Waals surface area contributed by atoms with Crippen LogP contribution in [0, 0.1) is 0 Å². The van der Waals surface area contributed by atoms with E-state index in [2.05, 4.69) is 10.3 Å². The second-order valence-corrected chi connectivity index (χ2v) is 5.65. The molecular weight excluding hydrogens is 290 g/mol. The number of aromatic nitrogens is 2. The molecule has 6 nitrogen and oxygen atoms in total. The number of carboxylic acid groups (broad SMARTS) is 1. The molecule has 0 bridgehead atoms. The lowest BCUT2D eigenvalue weighted by molar-refractivity contribution is -0.131. The molecule has 2 aromatic heterocycles. The van der Waals surface area contributed by atoms with Crippen molar-refractivity contribution in [3.05, 3.63) is 41.2 Å². The van der Waals surface area contributed by atoms with Crippen molar-refractivity contribution in [3.63, 3.8) is 0 Å². The topological polar surface area (TPSA) is 84.2 Å². The molecule has 0 radical (unpaired) electrons. The minimum Gasteiger partial charge on any atom is -0.478 e.